The highest BCUT2D eigenvalue weighted by Crippen LogP contribution is 2.17. The molecule has 1 fully saturated rings. The van der Waals surface area contributed by atoms with Crippen molar-refractivity contribution in [2.75, 3.05) is 32.1 Å². The van der Waals surface area contributed by atoms with Gasteiger partial charge in [-0.05, 0) is 86.9 Å². The Morgan fingerprint density at radius 1 is 1.03 bits per heavy atom. The number of likely N-dealkylation sites (tertiary alicyclic amines) is 1. The van der Waals surface area contributed by atoms with Crippen LogP contribution in [0.5, 0.6) is 11.5 Å². The average molecular weight is 428 g/mol. The summed E-state index contributed by atoms with van der Waals surface area (Å²) in [6.45, 7) is 4.17. The van der Waals surface area contributed by atoms with E-state index in [0.29, 0.717) is 17.3 Å². The van der Waals surface area contributed by atoms with Crippen molar-refractivity contribution in [2.45, 2.75) is 32.2 Å². The number of benzene rings is 2. The first kappa shape index (κ1) is 21.9. The first-order valence-corrected chi connectivity index (χ1v) is 10.7. The third kappa shape index (κ3) is 6.35. The van der Waals surface area contributed by atoms with Crippen LogP contribution in [0.1, 0.15) is 36.5 Å². The molecule has 1 saturated heterocycles. The fourth-order valence-electron chi connectivity index (χ4n) is 3.30. The Morgan fingerprint density at radius 2 is 1.67 bits per heavy atom. The Bertz CT molecular complexity index is 834. The molecular formula is C23H29N3O3S. The van der Waals surface area contributed by atoms with E-state index in [1.165, 1.54) is 6.42 Å². The second kappa shape index (κ2) is 10.8. The highest BCUT2D eigenvalue weighted by molar-refractivity contribution is 7.80. The van der Waals surface area contributed by atoms with Gasteiger partial charge in [-0.1, -0.05) is 0 Å². The van der Waals surface area contributed by atoms with E-state index < -0.39 is 0 Å². The molecule has 6 nitrogen and oxygen atoms in total. The predicted molar refractivity (Wildman–Crippen MR) is 124 cm³/mol. The molecule has 1 amide bonds. The minimum absolute atomic E-state index is 0.0204. The topological polar surface area (TPSA) is 62.8 Å². The fourth-order valence-corrected chi connectivity index (χ4v) is 3.62. The van der Waals surface area contributed by atoms with Crippen LogP contribution in [0.2, 0.25) is 0 Å². The van der Waals surface area contributed by atoms with E-state index in [1.54, 1.807) is 7.11 Å². The number of amides is 1. The molecule has 0 aliphatic carbocycles. The molecule has 2 aromatic rings. The maximum atomic E-state index is 12.5. The number of piperidine rings is 1. The number of hydrogen-bond acceptors (Lipinski definition) is 4. The minimum atomic E-state index is 0.0204. The van der Waals surface area contributed by atoms with Crippen LogP contribution in [-0.4, -0.2) is 48.8 Å². The van der Waals surface area contributed by atoms with E-state index in [9.17, 15) is 4.79 Å². The zero-order valence-electron chi connectivity index (χ0n) is 17.5. The lowest BCUT2D eigenvalue weighted by atomic mass is 10.1. The number of hydrogen-bond donors (Lipinski definition) is 2. The molecule has 1 aliphatic heterocycles. The lowest BCUT2D eigenvalue weighted by Gasteiger charge is -2.26. The Hall–Kier alpha value is -2.80. The van der Waals surface area contributed by atoms with Crippen molar-refractivity contribution in [1.29, 1.82) is 0 Å². The Balaban J connectivity index is 1.43. The number of thiocarbonyl (C=S) groups is 1. The molecule has 1 heterocycles. The largest absolute Gasteiger partial charge is 0.497 e. The van der Waals surface area contributed by atoms with Gasteiger partial charge in [-0.2, -0.15) is 0 Å². The first-order valence-electron chi connectivity index (χ1n) is 10.3. The van der Waals surface area contributed by atoms with Gasteiger partial charge in [-0.25, -0.2) is 0 Å². The van der Waals surface area contributed by atoms with E-state index in [-0.39, 0.29) is 11.9 Å². The molecular weight excluding hydrogens is 398 g/mol. The molecule has 0 saturated carbocycles. The second-order valence-corrected chi connectivity index (χ2v) is 7.82. The third-order valence-corrected chi connectivity index (χ3v) is 5.19. The number of anilines is 1. The zero-order valence-corrected chi connectivity index (χ0v) is 18.3. The van der Waals surface area contributed by atoms with Gasteiger partial charge in [-0.3, -0.25) is 4.79 Å². The molecule has 0 bridgehead atoms. The van der Waals surface area contributed by atoms with Crippen LogP contribution in [0.3, 0.4) is 0 Å². The van der Waals surface area contributed by atoms with Crippen molar-refractivity contribution in [3.05, 3.63) is 54.1 Å². The van der Waals surface area contributed by atoms with Gasteiger partial charge in [0.15, 0.2) is 5.11 Å². The Kier molecular flexibility index (Phi) is 7.90. The van der Waals surface area contributed by atoms with Crippen molar-refractivity contribution in [2.24, 2.45) is 0 Å². The van der Waals surface area contributed by atoms with Crippen LogP contribution < -0.4 is 20.1 Å². The summed E-state index contributed by atoms with van der Waals surface area (Å²) in [7, 11) is 1.63. The Morgan fingerprint density at radius 3 is 2.30 bits per heavy atom. The quantitative estimate of drug-likeness (QED) is 0.650. The van der Waals surface area contributed by atoms with Gasteiger partial charge >= 0.3 is 0 Å². The van der Waals surface area contributed by atoms with Gasteiger partial charge in [0.2, 0.25) is 0 Å². The highest BCUT2D eigenvalue weighted by Gasteiger charge is 2.18. The van der Waals surface area contributed by atoms with Crippen molar-refractivity contribution < 1.29 is 14.3 Å². The van der Waals surface area contributed by atoms with E-state index in [2.05, 4.69) is 10.6 Å². The van der Waals surface area contributed by atoms with Gasteiger partial charge in [0, 0.05) is 24.3 Å². The summed E-state index contributed by atoms with van der Waals surface area (Å²) in [4.78, 5) is 14.5. The van der Waals surface area contributed by atoms with E-state index in [1.807, 2.05) is 60.4 Å². The molecule has 1 aliphatic rings. The predicted octanol–water partition coefficient (Wildman–Crippen LogP) is 4.08. The highest BCUT2D eigenvalue weighted by atomic mass is 32.1. The van der Waals surface area contributed by atoms with Gasteiger partial charge in [-0.15, -0.1) is 0 Å². The molecule has 1 atom stereocenters. The fraction of sp³-hybridized carbons (Fsp3) is 0.391. The van der Waals surface area contributed by atoms with Gasteiger partial charge in [0.05, 0.1) is 13.2 Å². The molecule has 160 valence electrons. The molecule has 7 heteroatoms. The van der Waals surface area contributed by atoms with Crippen molar-refractivity contribution >= 4 is 28.9 Å². The molecule has 0 radical (unpaired) electrons. The molecule has 2 aromatic carbocycles. The Labute approximate surface area is 183 Å². The van der Waals surface area contributed by atoms with Crippen molar-refractivity contribution in [3.63, 3.8) is 0 Å². The molecule has 0 unspecified atom stereocenters. The summed E-state index contributed by atoms with van der Waals surface area (Å²) in [5.74, 6) is 1.67. The maximum absolute atomic E-state index is 12.5. The lowest BCUT2D eigenvalue weighted by molar-refractivity contribution is 0.0724. The van der Waals surface area contributed by atoms with Gasteiger partial charge < -0.3 is 25.0 Å². The number of carbonyl (C=O) groups is 1. The van der Waals surface area contributed by atoms with Crippen LogP contribution in [0.4, 0.5) is 5.69 Å². The summed E-state index contributed by atoms with van der Waals surface area (Å²) >= 11 is 5.39. The molecule has 0 spiro atoms. The van der Waals surface area contributed by atoms with Crippen molar-refractivity contribution in [1.82, 2.24) is 10.2 Å². The number of ether oxygens (including phenoxy) is 2. The number of methoxy groups -OCH3 is 1. The normalized spacial score (nSPS) is 14.5. The van der Waals surface area contributed by atoms with Crippen LogP contribution in [0.25, 0.3) is 0 Å². The number of rotatable bonds is 7. The van der Waals surface area contributed by atoms with Crippen LogP contribution in [0, 0.1) is 0 Å². The molecule has 30 heavy (non-hydrogen) atoms. The standard InChI is InChI=1S/C23H29N3O3S/c1-17(16-29-21-12-10-20(28-2)11-13-21)24-23(30)25-19-8-6-18(7-9-19)22(27)26-14-4-3-5-15-26/h6-13,17H,3-5,14-16H2,1-2H3,(H2,24,25,30)/t17-/m1/s1. The zero-order chi connectivity index (χ0) is 21.3. The van der Waals surface area contributed by atoms with Crippen LogP contribution >= 0.6 is 12.2 Å². The summed E-state index contributed by atoms with van der Waals surface area (Å²) in [6, 6.07) is 14.9. The van der Waals surface area contributed by atoms with Crippen LogP contribution in [0.15, 0.2) is 48.5 Å². The monoisotopic (exact) mass is 427 g/mol. The molecule has 3 rings (SSSR count). The summed E-state index contributed by atoms with van der Waals surface area (Å²) in [6.07, 6.45) is 3.39. The van der Waals surface area contributed by atoms with Gasteiger partial charge in [0.1, 0.15) is 18.1 Å². The van der Waals surface area contributed by atoms with Gasteiger partial charge in [0.25, 0.3) is 5.91 Å². The second-order valence-electron chi connectivity index (χ2n) is 7.42. The smallest absolute Gasteiger partial charge is 0.253 e. The van der Waals surface area contributed by atoms with Crippen LogP contribution in [-0.2, 0) is 0 Å². The number of carbonyl (C=O) groups excluding carboxylic acids is 1. The first-order chi connectivity index (χ1) is 14.5. The third-order valence-electron chi connectivity index (χ3n) is 4.97. The van der Waals surface area contributed by atoms with E-state index >= 15 is 0 Å². The maximum Gasteiger partial charge on any atom is 0.253 e. The minimum Gasteiger partial charge on any atom is -0.497 e. The van der Waals surface area contributed by atoms with Crippen molar-refractivity contribution in [3.8, 4) is 11.5 Å². The lowest BCUT2D eigenvalue weighted by Crippen LogP contribution is -2.39. The van der Waals surface area contributed by atoms with E-state index in [0.717, 1.165) is 43.1 Å². The number of nitrogens with zero attached hydrogens (tertiary/aromatic N) is 1. The molecule has 0 aromatic heterocycles. The number of nitrogens with one attached hydrogen (secondary N) is 2. The summed E-state index contributed by atoms with van der Waals surface area (Å²) in [5, 5.41) is 6.87. The average Bonchev–Trinajstić information content (AvgIpc) is 2.78. The van der Waals surface area contributed by atoms with E-state index in [4.69, 9.17) is 21.7 Å². The summed E-state index contributed by atoms with van der Waals surface area (Å²) in [5.41, 5.74) is 1.55. The SMILES string of the molecule is COc1ccc(OC[C@@H](C)NC(=S)Nc2ccc(C(=O)N3CCCCC3)cc2)cc1. The summed E-state index contributed by atoms with van der Waals surface area (Å²) < 4.78 is 10.9. The molecule has 2 N–H and O–H groups in total.